The first-order valence-corrected chi connectivity index (χ1v) is 5.70. The molecule has 0 saturated carbocycles. The van der Waals surface area contributed by atoms with Crippen LogP contribution in [0.15, 0.2) is 18.2 Å². The van der Waals surface area contributed by atoms with E-state index >= 15 is 0 Å². The molecule has 0 aliphatic heterocycles. The Balaban J connectivity index is 2.79. The van der Waals surface area contributed by atoms with E-state index in [4.69, 9.17) is 0 Å². The normalized spacial score (nSPS) is 12.4. The first-order chi connectivity index (χ1) is 8.04. The van der Waals surface area contributed by atoms with Gasteiger partial charge in [-0.15, -0.1) is 0 Å². The second kappa shape index (κ2) is 6.30. The highest BCUT2D eigenvalue weighted by molar-refractivity contribution is 5.40. The lowest BCUT2D eigenvalue weighted by Crippen LogP contribution is -2.28. The lowest BCUT2D eigenvalue weighted by Gasteiger charge is -2.13. The largest absolute Gasteiger partial charge is 0.314 e. The van der Waals surface area contributed by atoms with Crippen molar-refractivity contribution in [3.63, 3.8) is 0 Å². The van der Waals surface area contributed by atoms with Crippen LogP contribution < -0.4 is 5.32 Å². The molecule has 0 amide bonds. The molecule has 0 fully saturated rings. The number of benzene rings is 1. The standard InChI is InChI=1S/C12H17FN2O2/c1-3-6-14-9(2)7-10-4-5-11(13)8-12(10)15(16)17/h4-5,8-9,14H,3,6-7H2,1-2H3. The third kappa shape index (κ3) is 4.11. The van der Waals surface area contributed by atoms with E-state index in [1.807, 2.05) is 6.92 Å². The molecule has 0 heterocycles. The van der Waals surface area contributed by atoms with Crippen molar-refractivity contribution >= 4 is 5.69 Å². The predicted molar refractivity (Wildman–Crippen MR) is 64.5 cm³/mol. The molecule has 1 N–H and O–H groups in total. The Morgan fingerprint density at radius 3 is 2.82 bits per heavy atom. The van der Waals surface area contributed by atoms with Crippen LogP contribution in [0.3, 0.4) is 0 Å². The van der Waals surface area contributed by atoms with E-state index in [2.05, 4.69) is 12.2 Å². The molecule has 4 nitrogen and oxygen atoms in total. The Bertz CT molecular complexity index is 396. The molecule has 1 aromatic rings. The van der Waals surface area contributed by atoms with Crippen molar-refractivity contribution in [2.24, 2.45) is 0 Å². The highest BCUT2D eigenvalue weighted by Crippen LogP contribution is 2.21. The number of hydrogen-bond donors (Lipinski definition) is 1. The molecular weight excluding hydrogens is 223 g/mol. The van der Waals surface area contributed by atoms with E-state index in [9.17, 15) is 14.5 Å². The van der Waals surface area contributed by atoms with Gasteiger partial charge in [-0.25, -0.2) is 4.39 Å². The van der Waals surface area contributed by atoms with Crippen molar-refractivity contribution in [2.75, 3.05) is 6.54 Å². The zero-order chi connectivity index (χ0) is 12.8. The van der Waals surface area contributed by atoms with Gasteiger partial charge in [0.05, 0.1) is 11.0 Å². The summed E-state index contributed by atoms with van der Waals surface area (Å²) in [5.74, 6) is -0.574. The Morgan fingerprint density at radius 2 is 2.24 bits per heavy atom. The maximum Gasteiger partial charge on any atom is 0.275 e. The Hall–Kier alpha value is -1.49. The maximum absolute atomic E-state index is 12.9. The minimum Gasteiger partial charge on any atom is -0.314 e. The average molecular weight is 240 g/mol. The molecule has 0 aliphatic rings. The molecule has 5 heteroatoms. The Morgan fingerprint density at radius 1 is 1.53 bits per heavy atom. The molecule has 0 spiro atoms. The second-order valence-electron chi connectivity index (χ2n) is 4.09. The molecule has 1 rings (SSSR count). The third-order valence-electron chi connectivity index (χ3n) is 2.51. The van der Waals surface area contributed by atoms with Gasteiger partial charge in [0.15, 0.2) is 0 Å². The quantitative estimate of drug-likeness (QED) is 0.614. The van der Waals surface area contributed by atoms with Gasteiger partial charge in [-0.3, -0.25) is 10.1 Å². The van der Waals surface area contributed by atoms with Gasteiger partial charge in [0, 0.05) is 11.6 Å². The number of rotatable bonds is 6. The van der Waals surface area contributed by atoms with Crippen molar-refractivity contribution < 1.29 is 9.31 Å². The fourth-order valence-electron chi connectivity index (χ4n) is 1.67. The van der Waals surface area contributed by atoms with Gasteiger partial charge in [0.25, 0.3) is 5.69 Å². The van der Waals surface area contributed by atoms with Gasteiger partial charge in [-0.2, -0.15) is 0 Å². The Kier molecular flexibility index (Phi) is 5.03. The summed E-state index contributed by atoms with van der Waals surface area (Å²) < 4.78 is 12.9. The number of nitrogens with zero attached hydrogens (tertiary/aromatic N) is 1. The molecule has 17 heavy (non-hydrogen) atoms. The fraction of sp³-hybridized carbons (Fsp3) is 0.500. The lowest BCUT2D eigenvalue weighted by molar-refractivity contribution is -0.385. The zero-order valence-electron chi connectivity index (χ0n) is 10.1. The van der Waals surface area contributed by atoms with Crippen LogP contribution >= 0.6 is 0 Å². The third-order valence-corrected chi connectivity index (χ3v) is 2.51. The average Bonchev–Trinajstić information content (AvgIpc) is 2.28. The van der Waals surface area contributed by atoms with Crippen LogP contribution in [0, 0.1) is 15.9 Å². The lowest BCUT2D eigenvalue weighted by atomic mass is 10.0. The molecule has 0 bridgehead atoms. The molecule has 1 unspecified atom stereocenters. The first kappa shape index (κ1) is 13.6. The summed E-state index contributed by atoms with van der Waals surface area (Å²) in [5, 5.41) is 14.0. The smallest absolute Gasteiger partial charge is 0.275 e. The van der Waals surface area contributed by atoms with Crippen molar-refractivity contribution in [1.29, 1.82) is 0 Å². The number of hydrogen-bond acceptors (Lipinski definition) is 3. The van der Waals surface area contributed by atoms with Crippen LogP contribution in [0.25, 0.3) is 0 Å². The van der Waals surface area contributed by atoms with E-state index in [0.717, 1.165) is 19.0 Å². The summed E-state index contributed by atoms with van der Waals surface area (Å²) >= 11 is 0. The van der Waals surface area contributed by atoms with E-state index in [0.29, 0.717) is 12.0 Å². The molecule has 0 saturated heterocycles. The van der Waals surface area contributed by atoms with Gasteiger partial charge in [-0.1, -0.05) is 6.92 Å². The number of halogens is 1. The molecular formula is C12H17FN2O2. The summed E-state index contributed by atoms with van der Waals surface area (Å²) in [6, 6.07) is 3.85. The van der Waals surface area contributed by atoms with Gasteiger partial charge in [0.2, 0.25) is 0 Å². The molecule has 0 radical (unpaired) electrons. The Labute approximate surface area is 100.0 Å². The van der Waals surface area contributed by atoms with Crippen LogP contribution in [-0.4, -0.2) is 17.5 Å². The molecule has 94 valence electrons. The predicted octanol–water partition coefficient (Wildman–Crippen LogP) is 2.66. The van der Waals surface area contributed by atoms with Crippen molar-refractivity contribution in [1.82, 2.24) is 5.32 Å². The minimum atomic E-state index is -0.574. The van der Waals surface area contributed by atoms with E-state index in [-0.39, 0.29) is 11.7 Å². The van der Waals surface area contributed by atoms with Crippen LogP contribution in [0.5, 0.6) is 0 Å². The summed E-state index contributed by atoms with van der Waals surface area (Å²) in [6.07, 6.45) is 1.53. The zero-order valence-corrected chi connectivity index (χ0v) is 10.1. The van der Waals surface area contributed by atoms with Gasteiger partial charge >= 0.3 is 0 Å². The van der Waals surface area contributed by atoms with Crippen molar-refractivity contribution in [2.45, 2.75) is 32.7 Å². The monoisotopic (exact) mass is 240 g/mol. The number of nitrogens with one attached hydrogen (secondary N) is 1. The maximum atomic E-state index is 12.9. The summed E-state index contributed by atoms with van der Waals surface area (Å²) in [5.41, 5.74) is 0.419. The fourth-order valence-corrected chi connectivity index (χ4v) is 1.67. The highest BCUT2D eigenvalue weighted by atomic mass is 19.1. The van der Waals surface area contributed by atoms with Crippen molar-refractivity contribution in [3.05, 3.63) is 39.7 Å². The second-order valence-corrected chi connectivity index (χ2v) is 4.09. The van der Waals surface area contributed by atoms with Crippen LogP contribution in [-0.2, 0) is 6.42 Å². The van der Waals surface area contributed by atoms with Crippen molar-refractivity contribution in [3.8, 4) is 0 Å². The molecule has 0 aliphatic carbocycles. The molecule has 1 aromatic carbocycles. The highest BCUT2D eigenvalue weighted by Gasteiger charge is 2.16. The molecule has 1 atom stereocenters. The summed E-state index contributed by atoms with van der Waals surface area (Å²) in [6.45, 7) is 4.89. The summed E-state index contributed by atoms with van der Waals surface area (Å²) in [7, 11) is 0. The summed E-state index contributed by atoms with van der Waals surface area (Å²) in [4.78, 5) is 10.3. The number of nitro benzene ring substituents is 1. The SMILES string of the molecule is CCCNC(C)Cc1ccc(F)cc1[N+](=O)[O-]. The number of nitro groups is 1. The van der Waals surface area contributed by atoms with Crippen LogP contribution in [0.1, 0.15) is 25.8 Å². The van der Waals surface area contributed by atoms with E-state index in [1.165, 1.54) is 12.1 Å². The first-order valence-electron chi connectivity index (χ1n) is 5.70. The van der Waals surface area contributed by atoms with E-state index < -0.39 is 10.7 Å². The van der Waals surface area contributed by atoms with Gasteiger partial charge in [-0.05, 0) is 38.4 Å². The minimum absolute atomic E-state index is 0.138. The van der Waals surface area contributed by atoms with Crippen LogP contribution in [0.4, 0.5) is 10.1 Å². The van der Waals surface area contributed by atoms with Gasteiger partial charge in [0.1, 0.15) is 5.82 Å². The molecule has 0 aromatic heterocycles. The van der Waals surface area contributed by atoms with Gasteiger partial charge < -0.3 is 5.32 Å². The van der Waals surface area contributed by atoms with Crippen LogP contribution in [0.2, 0.25) is 0 Å². The topological polar surface area (TPSA) is 55.2 Å². The van der Waals surface area contributed by atoms with E-state index in [1.54, 1.807) is 0 Å².